The van der Waals surface area contributed by atoms with Gasteiger partial charge in [0.2, 0.25) is 0 Å². The van der Waals surface area contributed by atoms with Crippen LogP contribution in [0.2, 0.25) is 0 Å². The molecule has 4 aromatic carbocycles. The van der Waals surface area contributed by atoms with Crippen molar-refractivity contribution in [1.82, 2.24) is 29.1 Å². The Hall–Kier alpha value is -5.92. The summed E-state index contributed by atoms with van der Waals surface area (Å²) in [4.78, 5) is 19.7. The molecule has 0 amide bonds. The van der Waals surface area contributed by atoms with Gasteiger partial charge in [0.1, 0.15) is 35.9 Å². The molecule has 6 N–H and O–H groups in total. The van der Waals surface area contributed by atoms with Gasteiger partial charge in [0.25, 0.3) is 0 Å². The summed E-state index contributed by atoms with van der Waals surface area (Å²) in [6.07, 6.45) is 11.6. The second kappa shape index (κ2) is 20.3. The maximum Gasteiger partial charge on any atom is 0.152 e. The van der Waals surface area contributed by atoms with Gasteiger partial charge in [-0.3, -0.25) is 0 Å². The molecule has 0 unspecified atom stereocenters. The second-order valence-electron chi connectivity index (χ2n) is 21.2. The highest BCUT2D eigenvalue weighted by Crippen LogP contribution is 2.56. The number of nitrogen functional groups attached to an aromatic ring is 2. The summed E-state index contributed by atoms with van der Waals surface area (Å²) in [5.74, 6) is 2.15. The van der Waals surface area contributed by atoms with Gasteiger partial charge >= 0.3 is 0 Å². The zero-order valence-electron chi connectivity index (χ0n) is 43.3. The predicted molar refractivity (Wildman–Crippen MR) is 290 cm³/mol. The number of rotatable bonds is 22. The monoisotopic (exact) mass is 959 g/mol. The normalized spacial score (nSPS) is 13.6. The lowest BCUT2D eigenvalue weighted by molar-refractivity contribution is 0.0576. The van der Waals surface area contributed by atoms with Crippen LogP contribution in [0.3, 0.4) is 0 Å². The minimum atomic E-state index is -0.992. The van der Waals surface area contributed by atoms with Crippen LogP contribution in [0.4, 0.5) is 11.6 Å². The van der Waals surface area contributed by atoms with Crippen molar-refractivity contribution in [2.24, 2.45) is 0 Å². The summed E-state index contributed by atoms with van der Waals surface area (Å²) in [5, 5.41) is 23.9. The lowest BCUT2D eigenvalue weighted by atomic mass is 9.70. The van der Waals surface area contributed by atoms with Gasteiger partial charge in [0.15, 0.2) is 11.6 Å². The molecule has 0 saturated carbocycles. The van der Waals surface area contributed by atoms with Crippen LogP contribution in [-0.2, 0) is 41.2 Å². The highest BCUT2D eigenvalue weighted by atomic mass is 16.5. The fourth-order valence-corrected chi connectivity index (χ4v) is 11.2. The van der Waals surface area contributed by atoms with E-state index in [4.69, 9.17) is 40.9 Å². The number of anilines is 2. The Morgan fingerprint density at radius 3 is 1.30 bits per heavy atom. The van der Waals surface area contributed by atoms with E-state index in [1.54, 1.807) is 27.7 Å². The molecular weight excluding hydrogens is 885 g/mol. The third-order valence-corrected chi connectivity index (χ3v) is 14.5. The van der Waals surface area contributed by atoms with E-state index in [-0.39, 0.29) is 5.41 Å². The third kappa shape index (κ3) is 9.88. The van der Waals surface area contributed by atoms with Gasteiger partial charge in [-0.15, -0.1) is 0 Å². The summed E-state index contributed by atoms with van der Waals surface area (Å²) < 4.78 is 15.7. The first-order chi connectivity index (χ1) is 34.1. The van der Waals surface area contributed by atoms with E-state index in [0.717, 1.165) is 80.8 Å². The first kappa shape index (κ1) is 50.0. The molecule has 0 radical (unpaired) electrons. The number of hydrogen-bond donors (Lipinski definition) is 4. The number of pyridine rings is 2. The molecule has 4 heterocycles. The first-order valence-corrected chi connectivity index (χ1v) is 26.1. The van der Waals surface area contributed by atoms with Gasteiger partial charge in [-0.05, 0) is 123 Å². The van der Waals surface area contributed by atoms with E-state index in [1.807, 2.05) is 13.8 Å². The van der Waals surface area contributed by atoms with E-state index in [0.29, 0.717) is 73.8 Å². The van der Waals surface area contributed by atoms with Crippen molar-refractivity contribution in [1.29, 1.82) is 0 Å². The van der Waals surface area contributed by atoms with Crippen LogP contribution < -0.4 is 11.5 Å². The maximum absolute atomic E-state index is 11.0. The van der Waals surface area contributed by atoms with Gasteiger partial charge in [-0.25, -0.2) is 19.9 Å². The highest BCUT2D eigenvalue weighted by molar-refractivity contribution is 6.09. The number of imidazole rings is 2. The number of nitrogens with zero attached hydrogens (tertiary/aromatic N) is 6. The summed E-state index contributed by atoms with van der Waals surface area (Å²) in [5.41, 5.74) is 25.6. The van der Waals surface area contributed by atoms with Gasteiger partial charge in [-0.2, -0.15) is 0 Å². The van der Waals surface area contributed by atoms with Crippen molar-refractivity contribution in [3.8, 4) is 33.4 Å². The van der Waals surface area contributed by atoms with Crippen LogP contribution in [0.25, 0.3) is 77.3 Å². The van der Waals surface area contributed by atoms with Crippen molar-refractivity contribution in [3.05, 3.63) is 95.6 Å². The van der Waals surface area contributed by atoms with Crippen molar-refractivity contribution in [2.45, 2.75) is 163 Å². The molecule has 12 nitrogen and oxygen atoms in total. The lowest BCUT2D eigenvalue weighted by Gasteiger charge is -2.33. The molecule has 8 aromatic rings. The molecule has 12 heteroatoms. The Morgan fingerprint density at radius 2 is 0.915 bits per heavy atom. The first-order valence-electron chi connectivity index (χ1n) is 26.1. The quantitative estimate of drug-likeness (QED) is 0.0479. The molecule has 0 spiro atoms. The fraction of sp³-hybridized carbons (Fsp3) is 0.458. The third-order valence-electron chi connectivity index (χ3n) is 14.5. The molecule has 0 saturated heterocycles. The zero-order chi connectivity index (χ0) is 50.2. The van der Waals surface area contributed by atoms with Crippen molar-refractivity contribution in [2.75, 3.05) is 24.7 Å². The van der Waals surface area contributed by atoms with Gasteiger partial charge in [-0.1, -0.05) is 114 Å². The van der Waals surface area contributed by atoms with Crippen molar-refractivity contribution >= 4 is 55.5 Å². The highest BCUT2D eigenvalue weighted by Gasteiger charge is 2.43. The Bertz CT molecular complexity index is 3010. The number of hydrogen-bond acceptors (Lipinski definition) is 10. The molecule has 71 heavy (non-hydrogen) atoms. The van der Waals surface area contributed by atoms with Crippen LogP contribution in [0.1, 0.15) is 142 Å². The molecule has 1 aliphatic carbocycles. The van der Waals surface area contributed by atoms with E-state index >= 15 is 0 Å². The zero-order valence-corrected chi connectivity index (χ0v) is 43.3. The van der Waals surface area contributed by atoms with Crippen molar-refractivity contribution < 1.29 is 19.7 Å². The predicted octanol–water partition coefficient (Wildman–Crippen LogP) is 12.8. The average Bonchev–Trinajstić information content (AvgIpc) is 3.97. The molecule has 1 aliphatic rings. The number of benzene rings is 4. The van der Waals surface area contributed by atoms with Crippen LogP contribution in [0, 0.1) is 0 Å². The van der Waals surface area contributed by atoms with E-state index in [1.165, 1.54) is 60.8 Å². The smallest absolute Gasteiger partial charge is 0.152 e. The number of ether oxygens (including phenoxy) is 2. The van der Waals surface area contributed by atoms with E-state index in [9.17, 15) is 10.2 Å². The average molecular weight is 959 g/mol. The topological polar surface area (TPSA) is 172 Å². The van der Waals surface area contributed by atoms with Gasteiger partial charge in [0, 0.05) is 29.4 Å². The largest absolute Gasteiger partial charge is 0.389 e. The van der Waals surface area contributed by atoms with Crippen molar-refractivity contribution in [3.63, 3.8) is 0 Å². The molecular formula is C59H74N8O4. The van der Waals surface area contributed by atoms with E-state index in [2.05, 4.69) is 95.8 Å². The van der Waals surface area contributed by atoms with Gasteiger partial charge in [0.05, 0.1) is 46.4 Å². The molecule has 374 valence electrons. The van der Waals surface area contributed by atoms with Crippen LogP contribution in [0.15, 0.2) is 72.8 Å². The van der Waals surface area contributed by atoms with Crippen LogP contribution in [0.5, 0.6) is 0 Å². The molecule has 9 rings (SSSR count). The van der Waals surface area contributed by atoms with E-state index < -0.39 is 11.2 Å². The number of aromatic nitrogens is 6. The SMILES string of the molecule is CCCCCCC1(CCCCCC)c2cc(-c3ccc4c(c3)nc(N)c3nc(COCC)n(CC(C)(C)O)c34)ccc2-c2ccc(-c3ccc4c(c3)nc(N)c3nc(COCC)n(CC(C)(C)O)c34)cc21. The fourth-order valence-electron chi connectivity index (χ4n) is 11.2. The number of nitrogens with two attached hydrogens (primary N) is 2. The van der Waals surface area contributed by atoms with Crippen LogP contribution >= 0.6 is 0 Å². The lowest BCUT2D eigenvalue weighted by Crippen LogP contribution is -2.27. The summed E-state index contributed by atoms with van der Waals surface area (Å²) in [7, 11) is 0. The number of fused-ring (bicyclic) bond motifs is 9. The number of unbranched alkanes of at least 4 members (excludes halogenated alkanes) is 6. The molecule has 0 fully saturated rings. The molecule has 0 atom stereocenters. The summed E-state index contributed by atoms with van der Waals surface area (Å²) >= 11 is 0. The summed E-state index contributed by atoms with van der Waals surface area (Å²) in [6, 6.07) is 27.2. The van der Waals surface area contributed by atoms with Crippen LogP contribution in [-0.4, -0.2) is 63.7 Å². The Balaban J connectivity index is 1.17. The molecule has 0 bridgehead atoms. The minimum Gasteiger partial charge on any atom is -0.389 e. The standard InChI is InChI=1S/C59H74N8O4/c1-9-13-15-17-27-59(28-18-16-14-10-2)45-29-37(39-21-25-43-47(31-39)62-55(60)51-53(43)66(35-57(5,6)68)49(64-51)33-70-11-3)19-23-41(45)42-24-20-38(30-46(42)59)40-22-26-44-48(32-40)63-56(61)52-54(44)67(36-58(7,8)69)50(65-52)34-71-12-4/h19-26,29-32,68-69H,9-18,27-28,33-36H2,1-8H3,(H2,60,62)(H2,61,63). The Kier molecular flexibility index (Phi) is 14.3. The summed E-state index contributed by atoms with van der Waals surface area (Å²) in [6.45, 7) is 18.1. The minimum absolute atomic E-state index is 0.184. The van der Waals surface area contributed by atoms with Gasteiger partial charge < -0.3 is 40.3 Å². The number of aliphatic hydroxyl groups is 2. The maximum atomic E-state index is 11.0. The molecule has 0 aliphatic heterocycles. The second-order valence-corrected chi connectivity index (χ2v) is 21.2. The molecule has 4 aromatic heterocycles. The Morgan fingerprint density at radius 1 is 0.521 bits per heavy atom. The Labute approximate surface area is 418 Å².